The molecule has 0 atom stereocenters. The van der Waals surface area contributed by atoms with Gasteiger partial charge in [0.2, 0.25) is 0 Å². The lowest BCUT2D eigenvalue weighted by Crippen LogP contribution is -1.93. The Morgan fingerprint density at radius 2 is 1.94 bits per heavy atom. The topological polar surface area (TPSA) is 26.3 Å². The molecule has 0 unspecified atom stereocenters. The van der Waals surface area contributed by atoms with Crippen LogP contribution in [0.15, 0.2) is 36.4 Å². The molecule has 2 aromatic carbocycles. The summed E-state index contributed by atoms with van der Waals surface area (Å²) in [7, 11) is 1.49. The monoisotopic (exact) mass is 264 g/mol. The highest BCUT2D eigenvalue weighted by molar-refractivity contribution is 6.31. The Labute approximate surface area is 109 Å². The Morgan fingerprint density at radius 1 is 1.17 bits per heavy atom. The number of rotatable bonds is 3. The van der Waals surface area contributed by atoms with Crippen molar-refractivity contribution < 1.29 is 13.9 Å². The number of benzene rings is 2. The summed E-state index contributed by atoms with van der Waals surface area (Å²) in [4.78, 5) is 11.0. The van der Waals surface area contributed by atoms with Crippen LogP contribution >= 0.6 is 11.6 Å². The molecule has 0 N–H and O–H groups in total. The van der Waals surface area contributed by atoms with Gasteiger partial charge in [0.05, 0.1) is 7.11 Å². The highest BCUT2D eigenvalue weighted by Gasteiger charge is 2.11. The average Bonchev–Trinajstić information content (AvgIpc) is 2.38. The van der Waals surface area contributed by atoms with Crippen molar-refractivity contribution in [2.45, 2.75) is 0 Å². The number of aldehydes is 1. The first-order valence-corrected chi connectivity index (χ1v) is 5.62. The van der Waals surface area contributed by atoms with Crippen LogP contribution in [0.5, 0.6) is 5.75 Å². The summed E-state index contributed by atoms with van der Waals surface area (Å²) in [6, 6.07) is 9.01. The average molecular weight is 265 g/mol. The molecule has 0 saturated heterocycles. The van der Waals surface area contributed by atoms with Gasteiger partial charge in [-0.25, -0.2) is 4.39 Å². The van der Waals surface area contributed by atoms with Crippen LogP contribution in [-0.4, -0.2) is 13.4 Å². The Kier molecular flexibility index (Phi) is 3.63. The molecule has 0 saturated carbocycles. The van der Waals surface area contributed by atoms with Crippen LogP contribution in [0.2, 0.25) is 5.02 Å². The number of hydrogen-bond acceptors (Lipinski definition) is 2. The minimum Gasteiger partial charge on any atom is -0.496 e. The van der Waals surface area contributed by atoms with Crippen molar-refractivity contribution in [3.8, 4) is 16.9 Å². The molecule has 4 heteroatoms. The molecule has 0 aromatic heterocycles. The summed E-state index contributed by atoms with van der Waals surface area (Å²) >= 11 is 5.82. The van der Waals surface area contributed by atoms with Gasteiger partial charge in [-0.15, -0.1) is 0 Å². The molecule has 92 valence electrons. The van der Waals surface area contributed by atoms with Crippen LogP contribution in [0.3, 0.4) is 0 Å². The van der Waals surface area contributed by atoms with Crippen molar-refractivity contribution in [1.82, 2.24) is 0 Å². The second kappa shape index (κ2) is 5.19. The maximum atomic E-state index is 13.3. The van der Waals surface area contributed by atoms with Crippen molar-refractivity contribution >= 4 is 17.9 Å². The van der Waals surface area contributed by atoms with Crippen molar-refractivity contribution in [1.29, 1.82) is 0 Å². The van der Waals surface area contributed by atoms with E-state index in [1.165, 1.54) is 31.4 Å². The molecule has 0 aliphatic rings. The Morgan fingerprint density at radius 3 is 2.61 bits per heavy atom. The third-order valence-electron chi connectivity index (χ3n) is 2.59. The number of ether oxygens (including phenoxy) is 1. The molecule has 18 heavy (non-hydrogen) atoms. The molecule has 0 aliphatic heterocycles. The van der Waals surface area contributed by atoms with E-state index in [4.69, 9.17) is 16.3 Å². The summed E-state index contributed by atoms with van der Waals surface area (Å²) in [5, 5.41) is 0.455. The number of methoxy groups -OCH3 is 1. The highest BCUT2D eigenvalue weighted by atomic mass is 35.5. The van der Waals surface area contributed by atoms with Gasteiger partial charge in [0.25, 0.3) is 0 Å². The minimum absolute atomic E-state index is 0.391. The molecule has 0 heterocycles. The van der Waals surface area contributed by atoms with Gasteiger partial charge in [-0.2, -0.15) is 0 Å². The molecule has 2 nitrogen and oxygen atoms in total. The standard InChI is InChI=1S/C14H10ClFO2/c1-18-14-5-3-11(16)7-13(14)12-4-2-10(15)6-9(12)8-17/h2-8H,1H3. The van der Waals surface area contributed by atoms with Gasteiger partial charge < -0.3 is 4.74 Å². The third kappa shape index (κ3) is 2.36. The normalized spacial score (nSPS) is 10.2. The maximum Gasteiger partial charge on any atom is 0.150 e. The van der Waals surface area contributed by atoms with Crippen LogP contribution in [0.4, 0.5) is 4.39 Å². The Bertz CT molecular complexity index is 596. The van der Waals surface area contributed by atoms with E-state index >= 15 is 0 Å². The fraction of sp³-hybridized carbons (Fsp3) is 0.0714. The van der Waals surface area contributed by atoms with Gasteiger partial charge in [0.1, 0.15) is 11.6 Å². The first-order chi connectivity index (χ1) is 8.65. The molecule has 0 amide bonds. The van der Waals surface area contributed by atoms with E-state index in [1.54, 1.807) is 12.1 Å². The second-order valence-corrected chi connectivity index (χ2v) is 4.13. The van der Waals surface area contributed by atoms with Crippen molar-refractivity contribution in [2.75, 3.05) is 7.11 Å². The first-order valence-electron chi connectivity index (χ1n) is 5.24. The van der Waals surface area contributed by atoms with Gasteiger partial charge in [-0.1, -0.05) is 17.7 Å². The molecular weight excluding hydrogens is 255 g/mol. The highest BCUT2D eigenvalue weighted by Crippen LogP contribution is 2.33. The summed E-state index contributed by atoms with van der Waals surface area (Å²) in [5.41, 5.74) is 1.51. The summed E-state index contributed by atoms with van der Waals surface area (Å²) in [6.45, 7) is 0. The lowest BCUT2D eigenvalue weighted by atomic mass is 9.99. The van der Waals surface area contributed by atoms with Crippen LogP contribution in [0.1, 0.15) is 10.4 Å². The lowest BCUT2D eigenvalue weighted by Gasteiger charge is -2.10. The first kappa shape index (κ1) is 12.6. The molecule has 0 bridgehead atoms. The molecule has 0 aliphatic carbocycles. The van der Waals surface area contributed by atoms with Gasteiger partial charge in [-0.3, -0.25) is 4.79 Å². The van der Waals surface area contributed by atoms with Crippen LogP contribution in [0, 0.1) is 5.82 Å². The van der Waals surface area contributed by atoms with Crippen LogP contribution in [-0.2, 0) is 0 Å². The number of carbonyl (C=O) groups excluding carboxylic acids is 1. The molecule has 2 aromatic rings. The van der Waals surface area contributed by atoms with E-state index in [9.17, 15) is 9.18 Å². The van der Waals surface area contributed by atoms with Gasteiger partial charge in [0, 0.05) is 16.1 Å². The van der Waals surface area contributed by atoms with Crippen molar-refractivity contribution in [2.24, 2.45) is 0 Å². The summed E-state index contributed by atoms with van der Waals surface area (Å²) < 4.78 is 18.5. The van der Waals surface area contributed by atoms with Crippen molar-refractivity contribution in [3.05, 3.63) is 52.8 Å². The molecule has 0 spiro atoms. The largest absolute Gasteiger partial charge is 0.496 e. The van der Waals surface area contributed by atoms with Crippen LogP contribution < -0.4 is 4.74 Å². The van der Waals surface area contributed by atoms with E-state index in [-0.39, 0.29) is 0 Å². The Balaban J connectivity index is 2.67. The third-order valence-corrected chi connectivity index (χ3v) is 2.83. The number of hydrogen-bond donors (Lipinski definition) is 0. The van der Waals surface area contributed by atoms with E-state index in [2.05, 4.69) is 0 Å². The Hall–Kier alpha value is -1.87. The molecule has 0 radical (unpaired) electrons. The predicted octanol–water partition coefficient (Wildman–Crippen LogP) is 3.97. The summed E-state index contributed by atoms with van der Waals surface area (Å²) in [5.74, 6) is 0.111. The van der Waals surface area contributed by atoms with E-state index in [0.717, 1.165) is 0 Å². The van der Waals surface area contributed by atoms with E-state index in [0.29, 0.717) is 33.7 Å². The predicted molar refractivity (Wildman–Crippen MR) is 68.8 cm³/mol. The molecular formula is C14H10ClFO2. The quantitative estimate of drug-likeness (QED) is 0.784. The smallest absolute Gasteiger partial charge is 0.150 e. The van der Waals surface area contributed by atoms with Gasteiger partial charge in [-0.05, 0) is 35.9 Å². The fourth-order valence-electron chi connectivity index (χ4n) is 1.77. The van der Waals surface area contributed by atoms with Crippen LogP contribution in [0.25, 0.3) is 11.1 Å². The van der Waals surface area contributed by atoms with E-state index in [1.807, 2.05) is 0 Å². The zero-order valence-electron chi connectivity index (χ0n) is 9.61. The maximum absolute atomic E-state index is 13.3. The van der Waals surface area contributed by atoms with Gasteiger partial charge in [0.15, 0.2) is 6.29 Å². The zero-order chi connectivity index (χ0) is 13.1. The zero-order valence-corrected chi connectivity index (χ0v) is 10.4. The number of carbonyl (C=O) groups is 1. The van der Waals surface area contributed by atoms with Gasteiger partial charge >= 0.3 is 0 Å². The summed E-state index contributed by atoms with van der Waals surface area (Å²) in [6.07, 6.45) is 0.686. The molecule has 0 fully saturated rings. The molecule has 2 rings (SSSR count). The number of halogens is 2. The lowest BCUT2D eigenvalue weighted by molar-refractivity contribution is 0.112. The minimum atomic E-state index is -0.391. The fourth-order valence-corrected chi connectivity index (χ4v) is 1.95. The SMILES string of the molecule is COc1ccc(F)cc1-c1ccc(Cl)cc1C=O. The second-order valence-electron chi connectivity index (χ2n) is 3.69. The van der Waals surface area contributed by atoms with E-state index < -0.39 is 5.82 Å². The van der Waals surface area contributed by atoms with Crippen molar-refractivity contribution in [3.63, 3.8) is 0 Å².